The van der Waals surface area contributed by atoms with Crippen molar-refractivity contribution in [1.29, 1.82) is 0 Å². The highest BCUT2D eigenvalue weighted by molar-refractivity contribution is 7.99. The average molecular weight is 211 g/mol. The SMILES string of the molecule is CC(C)c1cn[nH]c1C1CNCCS1. The van der Waals surface area contributed by atoms with E-state index in [-0.39, 0.29) is 0 Å². The van der Waals surface area contributed by atoms with E-state index in [1.54, 1.807) is 0 Å². The highest BCUT2D eigenvalue weighted by atomic mass is 32.2. The van der Waals surface area contributed by atoms with Gasteiger partial charge in [0, 0.05) is 18.8 Å². The Morgan fingerprint density at radius 3 is 3.07 bits per heavy atom. The summed E-state index contributed by atoms with van der Waals surface area (Å²) in [7, 11) is 0. The predicted molar refractivity (Wildman–Crippen MR) is 60.7 cm³/mol. The van der Waals surface area contributed by atoms with Crippen LogP contribution in [0.15, 0.2) is 6.20 Å². The summed E-state index contributed by atoms with van der Waals surface area (Å²) in [4.78, 5) is 0. The van der Waals surface area contributed by atoms with Gasteiger partial charge in [-0.05, 0) is 11.5 Å². The topological polar surface area (TPSA) is 40.7 Å². The highest BCUT2D eigenvalue weighted by Gasteiger charge is 2.21. The quantitative estimate of drug-likeness (QED) is 0.785. The number of H-pyrrole nitrogens is 1. The average Bonchev–Trinajstić information content (AvgIpc) is 2.67. The summed E-state index contributed by atoms with van der Waals surface area (Å²) in [6, 6.07) is 0. The molecular formula is C10H17N3S. The van der Waals surface area contributed by atoms with Gasteiger partial charge in [0.1, 0.15) is 0 Å². The Morgan fingerprint density at radius 1 is 1.57 bits per heavy atom. The maximum atomic E-state index is 4.15. The smallest absolute Gasteiger partial charge is 0.0592 e. The van der Waals surface area contributed by atoms with E-state index in [0.717, 1.165) is 13.1 Å². The first-order valence-corrected chi connectivity index (χ1v) is 6.19. The first-order chi connectivity index (χ1) is 6.79. The Balaban J connectivity index is 2.17. The van der Waals surface area contributed by atoms with Crippen LogP contribution >= 0.6 is 11.8 Å². The van der Waals surface area contributed by atoms with Gasteiger partial charge < -0.3 is 5.32 Å². The minimum Gasteiger partial charge on any atom is -0.314 e. The number of aromatic amines is 1. The molecule has 0 amide bonds. The number of hydrogen-bond donors (Lipinski definition) is 2. The lowest BCUT2D eigenvalue weighted by molar-refractivity contribution is 0.671. The largest absolute Gasteiger partial charge is 0.314 e. The van der Waals surface area contributed by atoms with Crippen molar-refractivity contribution in [1.82, 2.24) is 15.5 Å². The van der Waals surface area contributed by atoms with Gasteiger partial charge in [0.2, 0.25) is 0 Å². The Kier molecular flexibility index (Phi) is 3.13. The summed E-state index contributed by atoms with van der Waals surface area (Å²) in [5.74, 6) is 1.76. The molecule has 2 N–H and O–H groups in total. The normalized spacial score (nSPS) is 22.9. The lowest BCUT2D eigenvalue weighted by atomic mass is 10.0. The third-order valence-corrected chi connectivity index (χ3v) is 3.82. The van der Waals surface area contributed by atoms with Crippen LogP contribution in [0, 0.1) is 0 Å². The molecule has 78 valence electrons. The molecule has 1 aromatic heterocycles. The fourth-order valence-corrected chi connectivity index (χ4v) is 2.91. The van der Waals surface area contributed by atoms with E-state index < -0.39 is 0 Å². The molecule has 1 fully saturated rings. The Morgan fingerprint density at radius 2 is 2.43 bits per heavy atom. The monoisotopic (exact) mass is 211 g/mol. The first kappa shape index (κ1) is 10.1. The van der Waals surface area contributed by atoms with Gasteiger partial charge in [0.05, 0.1) is 17.1 Å². The molecule has 2 rings (SSSR count). The van der Waals surface area contributed by atoms with Crippen molar-refractivity contribution in [3.8, 4) is 0 Å². The molecule has 4 heteroatoms. The number of nitrogens with zero attached hydrogens (tertiary/aromatic N) is 1. The number of thioether (sulfide) groups is 1. The van der Waals surface area contributed by atoms with Crippen LogP contribution in [0.4, 0.5) is 0 Å². The van der Waals surface area contributed by atoms with Gasteiger partial charge in [-0.2, -0.15) is 5.10 Å². The molecule has 1 unspecified atom stereocenters. The molecule has 14 heavy (non-hydrogen) atoms. The van der Waals surface area contributed by atoms with Gasteiger partial charge in [-0.15, -0.1) is 11.8 Å². The van der Waals surface area contributed by atoms with Crippen molar-refractivity contribution in [3.05, 3.63) is 17.5 Å². The number of aromatic nitrogens is 2. The number of nitrogens with one attached hydrogen (secondary N) is 2. The molecule has 1 aromatic rings. The van der Waals surface area contributed by atoms with Crippen LogP contribution < -0.4 is 5.32 Å². The van der Waals surface area contributed by atoms with Gasteiger partial charge in [0.25, 0.3) is 0 Å². The molecule has 2 heterocycles. The van der Waals surface area contributed by atoms with Crippen LogP contribution in [0.2, 0.25) is 0 Å². The van der Waals surface area contributed by atoms with Gasteiger partial charge in [-0.1, -0.05) is 13.8 Å². The van der Waals surface area contributed by atoms with Crippen molar-refractivity contribution in [3.63, 3.8) is 0 Å². The van der Waals surface area contributed by atoms with E-state index in [4.69, 9.17) is 0 Å². The van der Waals surface area contributed by atoms with E-state index in [1.165, 1.54) is 17.0 Å². The highest BCUT2D eigenvalue weighted by Crippen LogP contribution is 2.33. The molecule has 0 aliphatic carbocycles. The van der Waals surface area contributed by atoms with Gasteiger partial charge in [-0.3, -0.25) is 5.10 Å². The van der Waals surface area contributed by atoms with Gasteiger partial charge >= 0.3 is 0 Å². The summed E-state index contributed by atoms with van der Waals surface area (Å²) in [5, 5.41) is 11.3. The van der Waals surface area contributed by atoms with E-state index in [2.05, 4.69) is 29.4 Å². The van der Waals surface area contributed by atoms with Crippen molar-refractivity contribution in [2.45, 2.75) is 25.0 Å². The number of rotatable bonds is 2. The zero-order valence-electron chi connectivity index (χ0n) is 8.71. The fourth-order valence-electron chi connectivity index (χ4n) is 1.77. The number of hydrogen-bond acceptors (Lipinski definition) is 3. The fraction of sp³-hybridized carbons (Fsp3) is 0.700. The molecule has 1 aliphatic rings. The molecule has 3 nitrogen and oxygen atoms in total. The summed E-state index contributed by atoms with van der Waals surface area (Å²) in [5.41, 5.74) is 2.68. The summed E-state index contributed by atoms with van der Waals surface area (Å²) >= 11 is 2.02. The van der Waals surface area contributed by atoms with Crippen molar-refractivity contribution >= 4 is 11.8 Å². The molecule has 1 atom stereocenters. The van der Waals surface area contributed by atoms with Crippen molar-refractivity contribution in [2.24, 2.45) is 0 Å². The molecule has 1 saturated heterocycles. The molecule has 0 aromatic carbocycles. The predicted octanol–water partition coefficient (Wildman–Crippen LogP) is 1.91. The van der Waals surface area contributed by atoms with Crippen molar-refractivity contribution < 1.29 is 0 Å². The Bertz CT molecular complexity index is 289. The second-order valence-electron chi connectivity index (χ2n) is 3.96. The zero-order chi connectivity index (χ0) is 9.97. The second-order valence-corrected chi connectivity index (χ2v) is 5.27. The lowest BCUT2D eigenvalue weighted by Gasteiger charge is -2.22. The van der Waals surface area contributed by atoms with Crippen LogP contribution in [0.25, 0.3) is 0 Å². The molecule has 0 saturated carbocycles. The molecular weight excluding hydrogens is 194 g/mol. The van der Waals surface area contributed by atoms with Crippen LogP contribution in [0.5, 0.6) is 0 Å². The molecule has 0 bridgehead atoms. The van der Waals surface area contributed by atoms with E-state index in [9.17, 15) is 0 Å². The Hall–Kier alpha value is -0.480. The summed E-state index contributed by atoms with van der Waals surface area (Å²) in [6.07, 6.45) is 1.97. The Labute approximate surface area is 89.1 Å². The van der Waals surface area contributed by atoms with Crippen LogP contribution in [-0.2, 0) is 0 Å². The van der Waals surface area contributed by atoms with E-state index >= 15 is 0 Å². The summed E-state index contributed by atoms with van der Waals surface area (Å²) in [6.45, 7) is 6.63. The second kappa shape index (κ2) is 4.36. The van der Waals surface area contributed by atoms with Gasteiger partial charge in [0.15, 0.2) is 0 Å². The zero-order valence-corrected chi connectivity index (χ0v) is 9.53. The maximum Gasteiger partial charge on any atom is 0.0592 e. The van der Waals surface area contributed by atoms with Crippen LogP contribution in [-0.4, -0.2) is 29.0 Å². The minimum atomic E-state index is 0.559. The van der Waals surface area contributed by atoms with E-state index in [0.29, 0.717) is 11.2 Å². The first-order valence-electron chi connectivity index (χ1n) is 5.14. The molecule has 0 radical (unpaired) electrons. The van der Waals surface area contributed by atoms with Crippen molar-refractivity contribution in [2.75, 3.05) is 18.8 Å². The minimum absolute atomic E-state index is 0.559. The molecule has 0 spiro atoms. The summed E-state index contributed by atoms with van der Waals surface area (Å²) < 4.78 is 0. The third-order valence-electron chi connectivity index (χ3n) is 2.57. The van der Waals surface area contributed by atoms with E-state index in [1.807, 2.05) is 18.0 Å². The maximum absolute atomic E-state index is 4.15. The van der Waals surface area contributed by atoms with Crippen LogP contribution in [0.1, 0.15) is 36.3 Å². The molecule has 1 aliphatic heterocycles. The standard InChI is InChI=1S/C10H17N3S/c1-7(2)8-5-12-13-10(8)9-6-11-3-4-14-9/h5,7,9,11H,3-4,6H2,1-2H3,(H,12,13). The third kappa shape index (κ3) is 1.96. The lowest BCUT2D eigenvalue weighted by Crippen LogP contribution is -2.28. The van der Waals surface area contributed by atoms with Gasteiger partial charge in [-0.25, -0.2) is 0 Å². The van der Waals surface area contributed by atoms with Crippen LogP contribution in [0.3, 0.4) is 0 Å².